The maximum absolute atomic E-state index is 3.89. The fourth-order valence-electron chi connectivity index (χ4n) is 1.58. The normalized spacial score (nSPS) is 12.8. The van der Waals surface area contributed by atoms with Crippen LogP contribution < -0.4 is 0 Å². The lowest BCUT2D eigenvalue weighted by molar-refractivity contribution is 0.550. The van der Waals surface area contributed by atoms with Gasteiger partial charge in [0.25, 0.3) is 0 Å². The molecule has 0 bridgehead atoms. The Morgan fingerprint density at radius 3 is 2.31 bits per heavy atom. The second-order valence-corrected chi connectivity index (χ2v) is 3.88. The highest BCUT2D eigenvalue weighted by Crippen LogP contribution is 2.24. The van der Waals surface area contributed by atoms with Crippen LogP contribution in [0.5, 0.6) is 0 Å². The highest BCUT2D eigenvalue weighted by atomic mass is 14.1. The summed E-state index contributed by atoms with van der Waals surface area (Å²) in [7, 11) is 0. The van der Waals surface area contributed by atoms with Crippen molar-refractivity contribution in [2.24, 2.45) is 5.92 Å². The maximum Gasteiger partial charge on any atom is 0.00177 e. The van der Waals surface area contributed by atoms with Crippen LogP contribution in [0, 0.1) is 5.92 Å². The molecule has 0 nitrogen and oxygen atoms in total. The maximum atomic E-state index is 3.89. The first-order valence-electron chi connectivity index (χ1n) is 4.91. The van der Waals surface area contributed by atoms with Crippen LogP contribution in [0.2, 0.25) is 0 Å². The summed E-state index contributed by atoms with van der Waals surface area (Å²) in [5, 5.41) is 0. The van der Waals surface area contributed by atoms with Crippen LogP contribution in [0.3, 0.4) is 0 Å². The third kappa shape index (κ3) is 3.06. The van der Waals surface area contributed by atoms with Crippen LogP contribution >= 0.6 is 0 Å². The van der Waals surface area contributed by atoms with E-state index >= 15 is 0 Å². The Morgan fingerprint density at radius 2 is 1.85 bits per heavy atom. The number of hydrogen-bond acceptors (Lipinski definition) is 0. The molecule has 0 aliphatic carbocycles. The molecule has 1 atom stereocenters. The zero-order valence-electron chi connectivity index (χ0n) is 8.53. The summed E-state index contributed by atoms with van der Waals surface area (Å²) in [6.45, 7) is 8.39. The topological polar surface area (TPSA) is 0 Å². The number of benzene rings is 1. The predicted molar refractivity (Wildman–Crippen MR) is 58.8 cm³/mol. The van der Waals surface area contributed by atoms with E-state index in [-0.39, 0.29) is 0 Å². The van der Waals surface area contributed by atoms with Crippen molar-refractivity contribution >= 4 is 0 Å². The van der Waals surface area contributed by atoms with Gasteiger partial charge in [-0.05, 0) is 17.9 Å². The molecule has 0 aromatic heterocycles. The van der Waals surface area contributed by atoms with E-state index in [2.05, 4.69) is 56.8 Å². The molecular weight excluding hydrogens is 156 g/mol. The molecule has 0 amide bonds. The highest BCUT2D eigenvalue weighted by Gasteiger charge is 2.08. The lowest BCUT2D eigenvalue weighted by Crippen LogP contribution is -1.99. The van der Waals surface area contributed by atoms with Gasteiger partial charge in [-0.1, -0.05) is 50.3 Å². The van der Waals surface area contributed by atoms with Crippen LogP contribution in [0.4, 0.5) is 0 Å². The van der Waals surface area contributed by atoms with Crippen LogP contribution in [-0.2, 0) is 0 Å². The minimum atomic E-state index is 0.515. The Morgan fingerprint density at radius 1 is 1.23 bits per heavy atom. The van der Waals surface area contributed by atoms with Crippen molar-refractivity contribution in [3.8, 4) is 0 Å². The van der Waals surface area contributed by atoms with Gasteiger partial charge in [-0.25, -0.2) is 0 Å². The van der Waals surface area contributed by atoms with Gasteiger partial charge in [0.15, 0.2) is 0 Å². The van der Waals surface area contributed by atoms with Gasteiger partial charge in [-0.15, -0.1) is 6.58 Å². The van der Waals surface area contributed by atoms with Gasteiger partial charge in [0.2, 0.25) is 0 Å². The van der Waals surface area contributed by atoms with Gasteiger partial charge >= 0.3 is 0 Å². The number of hydrogen-bond donors (Lipinski definition) is 0. The third-order valence-corrected chi connectivity index (χ3v) is 2.24. The lowest BCUT2D eigenvalue weighted by Gasteiger charge is -2.14. The molecule has 0 fully saturated rings. The first-order chi connectivity index (χ1) is 6.24. The monoisotopic (exact) mass is 174 g/mol. The lowest BCUT2D eigenvalue weighted by atomic mass is 9.91. The summed E-state index contributed by atoms with van der Waals surface area (Å²) in [4.78, 5) is 0. The number of allylic oxidation sites excluding steroid dienone is 1. The van der Waals surface area contributed by atoms with E-state index in [1.807, 2.05) is 0 Å². The van der Waals surface area contributed by atoms with Gasteiger partial charge in [0.1, 0.15) is 0 Å². The van der Waals surface area contributed by atoms with Gasteiger partial charge in [0, 0.05) is 5.92 Å². The Hall–Kier alpha value is -1.04. The van der Waals surface area contributed by atoms with Crippen LogP contribution in [0.1, 0.15) is 31.7 Å². The van der Waals surface area contributed by atoms with Gasteiger partial charge < -0.3 is 0 Å². The highest BCUT2D eigenvalue weighted by molar-refractivity contribution is 5.22. The molecule has 1 aromatic carbocycles. The Balaban J connectivity index is 2.73. The summed E-state index contributed by atoms with van der Waals surface area (Å²) < 4.78 is 0. The average molecular weight is 174 g/mol. The van der Waals surface area contributed by atoms with Gasteiger partial charge in [-0.2, -0.15) is 0 Å². The third-order valence-electron chi connectivity index (χ3n) is 2.24. The molecule has 0 saturated carbocycles. The zero-order valence-corrected chi connectivity index (χ0v) is 8.53. The van der Waals surface area contributed by atoms with Crippen molar-refractivity contribution in [1.29, 1.82) is 0 Å². The molecule has 1 rings (SSSR count). The SMILES string of the molecule is C=C[C@H](CC(C)C)c1ccccc1. The molecule has 0 aliphatic rings. The van der Waals surface area contributed by atoms with Crippen molar-refractivity contribution < 1.29 is 0 Å². The molecule has 0 radical (unpaired) electrons. The molecule has 13 heavy (non-hydrogen) atoms. The molecule has 0 N–H and O–H groups in total. The van der Waals surface area contributed by atoms with Gasteiger partial charge in [0.05, 0.1) is 0 Å². The minimum Gasteiger partial charge on any atom is -0.102 e. The molecule has 70 valence electrons. The van der Waals surface area contributed by atoms with Crippen molar-refractivity contribution in [2.45, 2.75) is 26.2 Å². The van der Waals surface area contributed by atoms with Crippen molar-refractivity contribution in [3.05, 3.63) is 48.6 Å². The minimum absolute atomic E-state index is 0.515. The van der Waals surface area contributed by atoms with Crippen LogP contribution in [0.15, 0.2) is 43.0 Å². The smallest absolute Gasteiger partial charge is 0.00177 e. The van der Waals surface area contributed by atoms with Crippen LogP contribution in [-0.4, -0.2) is 0 Å². The molecule has 0 saturated heterocycles. The Bertz CT molecular complexity index is 246. The van der Waals surface area contributed by atoms with E-state index in [0.29, 0.717) is 5.92 Å². The summed E-state index contributed by atoms with van der Waals surface area (Å²) in [6.07, 6.45) is 3.24. The molecule has 0 spiro atoms. The standard InChI is InChI=1S/C13H18/c1-4-12(10-11(2)3)13-8-6-5-7-9-13/h4-9,11-12H,1,10H2,2-3H3/t12-/m1/s1. The first-order valence-corrected chi connectivity index (χ1v) is 4.91. The molecule has 0 aliphatic heterocycles. The van der Waals surface area contributed by atoms with Crippen molar-refractivity contribution in [3.63, 3.8) is 0 Å². The van der Waals surface area contributed by atoms with Crippen molar-refractivity contribution in [2.75, 3.05) is 0 Å². The average Bonchev–Trinajstić information content (AvgIpc) is 2.15. The second kappa shape index (κ2) is 4.86. The van der Waals surface area contributed by atoms with E-state index in [1.165, 1.54) is 12.0 Å². The molecule has 0 heterocycles. The van der Waals surface area contributed by atoms with E-state index in [0.717, 1.165) is 5.92 Å². The fraction of sp³-hybridized carbons (Fsp3) is 0.385. The van der Waals surface area contributed by atoms with E-state index < -0.39 is 0 Å². The zero-order chi connectivity index (χ0) is 9.68. The summed E-state index contributed by atoms with van der Waals surface area (Å²) in [5.74, 6) is 1.24. The Labute approximate surface area is 81.3 Å². The summed E-state index contributed by atoms with van der Waals surface area (Å²) in [6, 6.07) is 10.6. The van der Waals surface area contributed by atoms with E-state index in [4.69, 9.17) is 0 Å². The molecule has 1 aromatic rings. The molecule has 0 heteroatoms. The summed E-state index contributed by atoms with van der Waals surface area (Å²) in [5.41, 5.74) is 1.38. The van der Waals surface area contributed by atoms with E-state index in [1.54, 1.807) is 0 Å². The van der Waals surface area contributed by atoms with Crippen LogP contribution in [0.25, 0.3) is 0 Å². The Kier molecular flexibility index (Phi) is 3.75. The quantitative estimate of drug-likeness (QED) is 0.605. The molecular formula is C13H18. The predicted octanol–water partition coefficient (Wildman–Crippen LogP) is 4.00. The fourth-order valence-corrected chi connectivity index (χ4v) is 1.58. The van der Waals surface area contributed by atoms with Gasteiger partial charge in [-0.3, -0.25) is 0 Å². The summed E-state index contributed by atoms with van der Waals surface area (Å²) >= 11 is 0. The van der Waals surface area contributed by atoms with E-state index in [9.17, 15) is 0 Å². The largest absolute Gasteiger partial charge is 0.102 e. The first kappa shape index (κ1) is 10.0. The van der Waals surface area contributed by atoms with Crippen molar-refractivity contribution in [1.82, 2.24) is 0 Å². The second-order valence-electron chi connectivity index (χ2n) is 3.88. The molecule has 0 unspecified atom stereocenters. The number of rotatable bonds is 4.